The Kier molecular flexibility index (Phi) is 3.60. The number of esters is 1. The van der Waals surface area contributed by atoms with Crippen LogP contribution < -0.4 is 0 Å². The number of hydrogen-bond acceptors (Lipinski definition) is 4. The molecule has 0 aromatic carbocycles. The van der Waals surface area contributed by atoms with Gasteiger partial charge in [0, 0.05) is 30.5 Å². The Balaban J connectivity index is 2.06. The van der Waals surface area contributed by atoms with Crippen LogP contribution >= 0.6 is 0 Å². The second-order valence-electron chi connectivity index (χ2n) is 4.45. The maximum Gasteiger partial charge on any atom is 0.310 e. The van der Waals surface area contributed by atoms with E-state index in [-0.39, 0.29) is 17.8 Å². The number of hydrogen-bond donors (Lipinski definition) is 0. The summed E-state index contributed by atoms with van der Waals surface area (Å²) in [5.74, 6) is -0.481. The van der Waals surface area contributed by atoms with Gasteiger partial charge in [0.2, 0.25) is 0 Å². The van der Waals surface area contributed by atoms with Gasteiger partial charge in [-0.05, 0) is 25.5 Å². The number of likely N-dealkylation sites (tertiary alicyclic amines) is 1. The Labute approximate surface area is 106 Å². The molecule has 0 aliphatic carbocycles. The summed E-state index contributed by atoms with van der Waals surface area (Å²) in [6.45, 7) is 2.88. The fraction of sp³-hybridized carbons (Fsp3) is 0.462. The summed E-state index contributed by atoms with van der Waals surface area (Å²) in [4.78, 5) is 29.4. The summed E-state index contributed by atoms with van der Waals surface area (Å²) in [5, 5.41) is 0. The van der Waals surface area contributed by atoms with E-state index < -0.39 is 0 Å². The molecular formula is C13H16N2O3. The second-order valence-corrected chi connectivity index (χ2v) is 4.45. The van der Waals surface area contributed by atoms with Crippen molar-refractivity contribution < 1.29 is 14.3 Å². The maximum absolute atomic E-state index is 12.2. The topological polar surface area (TPSA) is 59.5 Å². The first-order valence-electron chi connectivity index (χ1n) is 5.91. The molecule has 1 saturated heterocycles. The highest BCUT2D eigenvalue weighted by Crippen LogP contribution is 2.19. The Bertz CT molecular complexity index is 473. The van der Waals surface area contributed by atoms with Gasteiger partial charge in [-0.15, -0.1) is 0 Å². The molecule has 0 spiro atoms. The van der Waals surface area contributed by atoms with Crippen molar-refractivity contribution in [2.45, 2.75) is 13.3 Å². The molecule has 0 bridgehead atoms. The first kappa shape index (κ1) is 12.5. The first-order chi connectivity index (χ1) is 8.61. The van der Waals surface area contributed by atoms with Gasteiger partial charge in [-0.25, -0.2) is 0 Å². The second kappa shape index (κ2) is 5.16. The quantitative estimate of drug-likeness (QED) is 0.733. The summed E-state index contributed by atoms with van der Waals surface area (Å²) in [7, 11) is 1.37. The van der Waals surface area contributed by atoms with E-state index in [2.05, 4.69) is 4.98 Å². The van der Waals surface area contributed by atoms with E-state index in [1.54, 1.807) is 23.2 Å². The molecule has 1 fully saturated rings. The fourth-order valence-corrected chi connectivity index (χ4v) is 2.16. The van der Waals surface area contributed by atoms with Gasteiger partial charge in [-0.2, -0.15) is 0 Å². The van der Waals surface area contributed by atoms with E-state index in [4.69, 9.17) is 4.74 Å². The molecular weight excluding hydrogens is 232 g/mol. The highest BCUT2D eigenvalue weighted by molar-refractivity contribution is 5.94. The number of carbonyl (C=O) groups excluding carboxylic acids is 2. The van der Waals surface area contributed by atoms with Gasteiger partial charge < -0.3 is 9.64 Å². The Morgan fingerprint density at radius 1 is 1.50 bits per heavy atom. The van der Waals surface area contributed by atoms with Crippen LogP contribution in [-0.2, 0) is 9.53 Å². The predicted molar refractivity (Wildman–Crippen MR) is 65.0 cm³/mol. The van der Waals surface area contributed by atoms with Crippen molar-refractivity contribution in [3.05, 3.63) is 29.6 Å². The molecule has 0 radical (unpaired) electrons. The van der Waals surface area contributed by atoms with Gasteiger partial charge in [0.25, 0.3) is 5.91 Å². The van der Waals surface area contributed by atoms with Crippen LogP contribution in [0.2, 0.25) is 0 Å². The van der Waals surface area contributed by atoms with Gasteiger partial charge in [-0.3, -0.25) is 14.6 Å². The zero-order valence-electron chi connectivity index (χ0n) is 10.5. The lowest BCUT2D eigenvalue weighted by atomic mass is 10.1. The van der Waals surface area contributed by atoms with Crippen LogP contribution in [0.4, 0.5) is 0 Å². The third-order valence-electron chi connectivity index (χ3n) is 3.15. The third-order valence-corrected chi connectivity index (χ3v) is 3.15. The number of rotatable bonds is 2. The molecule has 1 aromatic rings. The summed E-state index contributed by atoms with van der Waals surface area (Å²) in [6, 6.07) is 3.45. The van der Waals surface area contributed by atoms with E-state index in [0.29, 0.717) is 25.1 Å². The number of methoxy groups -OCH3 is 1. The van der Waals surface area contributed by atoms with Gasteiger partial charge in [0.1, 0.15) is 0 Å². The van der Waals surface area contributed by atoms with Crippen LogP contribution in [0.15, 0.2) is 18.3 Å². The van der Waals surface area contributed by atoms with Gasteiger partial charge in [-0.1, -0.05) is 0 Å². The van der Waals surface area contributed by atoms with Crippen molar-refractivity contribution in [3.63, 3.8) is 0 Å². The largest absolute Gasteiger partial charge is 0.469 e. The van der Waals surface area contributed by atoms with Crippen molar-refractivity contribution in [1.29, 1.82) is 0 Å². The number of nitrogens with zero attached hydrogens (tertiary/aromatic N) is 2. The molecule has 1 aliphatic heterocycles. The van der Waals surface area contributed by atoms with Crippen LogP contribution in [-0.4, -0.2) is 42.0 Å². The molecule has 18 heavy (non-hydrogen) atoms. The van der Waals surface area contributed by atoms with E-state index in [9.17, 15) is 9.59 Å². The smallest absolute Gasteiger partial charge is 0.310 e. The van der Waals surface area contributed by atoms with Crippen LogP contribution in [0.1, 0.15) is 22.5 Å². The zero-order valence-corrected chi connectivity index (χ0v) is 10.5. The molecule has 5 nitrogen and oxygen atoms in total. The van der Waals surface area contributed by atoms with Crippen LogP contribution in [0, 0.1) is 12.8 Å². The molecule has 1 atom stereocenters. The molecule has 1 aromatic heterocycles. The average Bonchev–Trinajstić information content (AvgIpc) is 2.86. The minimum absolute atomic E-state index is 0.0492. The summed E-state index contributed by atoms with van der Waals surface area (Å²) in [5.41, 5.74) is 1.43. The van der Waals surface area contributed by atoms with Gasteiger partial charge in [0.05, 0.1) is 13.0 Å². The van der Waals surface area contributed by atoms with E-state index in [0.717, 1.165) is 5.69 Å². The lowest BCUT2D eigenvalue weighted by Gasteiger charge is -2.16. The minimum Gasteiger partial charge on any atom is -0.469 e. The molecule has 96 valence electrons. The number of ether oxygens (including phenoxy) is 1. The number of aryl methyl sites for hydroxylation is 1. The lowest BCUT2D eigenvalue weighted by Crippen LogP contribution is -2.30. The zero-order chi connectivity index (χ0) is 13.1. The standard InChI is InChI=1S/C13H16N2O3/c1-9-7-10(3-5-14-9)12(16)15-6-4-11(8-15)13(17)18-2/h3,5,7,11H,4,6,8H2,1-2H3. The van der Waals surface area contributed by atoms with Crippen LogP contribution in [0.5, 0.6) is 0 Å². The predicted octanol–water partition coefficient (Wildman–Crippen LogP) is 1.03. The number of carbonyl (C=O) groups is 2. The van der Waals surface area contributed by atoms with Crippen LogP contribution in [0.3, 0.4) is 0 Å². The van der Waals surface area contributed by atoms with E-state index >= 15 is 0 Å². The number of pyridine rings is 1. The minimum atomic E-state index is -0.240. The molecule has 1 unspecified atom stereocenters. The third kappa shape index (κ3) is 2.50. The Morgan fingerprint density at radius 3 is 2.94 bits per heavy atom. The molecule has 1 amide bonds. The lowest BCUT2D eigenvalue weighted by molar-refractivity contribution is -0.144. The van der Waals surface area contributed by atoms with Gasteiger partial charge >= 0.3 is 5.97 Å². The molecule has 5 heteroatoms. The molecule has 0 saturated carbocycles. The Morgan fingerprint density at radius 2 is 2.28 bits per heavy atom. The van der Waals surface area contributed by atoms with Crippen LogP contribution in [0.25, 0.3) is 0 Å². The molecule has 2 rings (SSSR count). The summed E-state index contributed by atoms with van der Waals surface area (Å²) < 4.78 is 4.70. The fourth-order valence-electron chi connectivity index (χ4n) is 2.16. The van der Waals surface area contributed by atoms with E-state index in [1.807, 2.05) is 6.92 Å². The first-order valence-corrected chi connectivity index (χ1v) is 5.91. The van der Waals surface area contributed by atoms with Gasteiger partial charge in [0.15, 0.2) is 0 Å². The normalized spacial score (nSPS) is 18.8. The van der Waals surface area contributed by atoms with Crippen molar-refractivity contribution in [1.82, 2.24) is 9.88 Å². The Hall–Kier alpha value is -1.91. The SMILES string of the molecule is COC(=O)C1CCN(C(=O)c2ccnc(C)c2)C1. The number of aromatic nitrogens is 1. The van der Waals surface area contributed by atoms with Crippen molar-refractivity contribution >= 4 is 11.9 Å². The van der Waals surface area contributed by atoms with Crippen molar-refractivity contribution in [3.8, 4) is 0 Å². The van der Waals surface area contributed by atoms with Crippen molar-refractivity contribution in [2.24, 2.45) is 5.92 Å². The molecule has 0 N–H and O–H groups in total. The highest BCUT2D eigenvalue weighted by Gasteiger charge is 2.32. The van der Waals surface area contributed by atoms with E-state index in [1.165, 1.54) is 7.11 Å². The van der Waals surface area contributed by atoms with Crippen molar-refractivity contribution in [2.75, 3.05) is 20.2 Å². The molecule has 1 aliphatic rings. The summed E-state index contributed by atoms with van der Waals surface area (Å²) in [6.07, 6.45) is 2.29. The maximum atomic E-state index is 12.2. The number of amides is 1. The molecule has 2 heterocycles. The average molecular weight is 248 g/mol. The monoisotopic (exact) mass is 248 g/mol. The summed E-state index contributed by atoms with van der Waals surface area (Å²) >= 11 is 0. The highest BCUT2D eigenvalue weighted by atomic mass is 16.5.